The maximum Gasteiger partial charge on any atom is 0.255 e. The zero-order valence-corrected chi connectivity index (χ0v) is 16.6. The Bertz CT molecular complexity index is 1120. The minimum absolute atomic E-state index is 0.0128. The van der Waals surface area contributed by atoms with Crippen molar-refractivity contribution in [1.29, 1.82) is 0 Å². The van der Waals surface area contributed by atoms with Crippen LogP contribution in [0.3, 0.4) is 0 Å². The van der Waals surface area contributed by atoms with Gasteiger partial charge in [0.25, 0.3) is 5.91 Å². The highest BCUT2D eigenvalue weighted by atomic mass is 19.3. The number of carbonyl (C=O) groups is 4. The molecule has 4 rings (SSSR count). The maximum atomic E-state index is 14.4. The molecule has 10 heteroatoms. The van der Waals surface area contributed by atoms with Crippen molar-refractivity contribution < 1.29 is 32.3 Å². The second-order valence-electron chi connectivity index (χ2n) is 7.70. The third kappa shape index (κ3) is 3.61. The van der Waals surface area contributed by atoms with E-state index in [0.717, 1.165) is 17.0 Å². The number of halogens is 3. The largest absolute Gasteiger partial charge is 0.366 e. The number of alkyl halides is 2. The number of rotatable bonds is 5. The van der Waals surface area contributed by atoms with Gasteiger partial charge in [-0.05, 0) is 47.9 Å². The zero-order chi connectivity index (χ0) is 23.2. The lowest BCUT2D eigenvalue weighted by Gasteiger charge is -2.38. The van der Waals surface area contributed by atoms with E-state index in [1.165, 1.54) is 30.3 Å². The number of hydrogen-bond acceptors (Lipinski definition) is 4. The number of nitrogens with zero attached hydrogens (tertiary/aromatic N) is 1. The fraction of sp³-hybridized carbons (Fsp3) is 0.273. The first-order chi connectivity index (χ1) is 15.2. The van der Waals surface area contributed by atoms with Gasteiger partial charge in [-0.15, -0.1) is 0 Å². The lowest BCUT2D eigenvalue weighted by molar-refractivity contribution is -0.137. The molecule has 0 aliphatic carbocycles. The minimum atomic E-state index is -3.00. The minimum Gasteiger partial charge on any atom is -0.366 e. The summed E-state index contributed by atoms with van der Waals surface area (Å²) in [5.41, 5.74) is 5.57. The van der Waals surface area contributed by atoms with E-state index in [4.69, 9.17) is 5.73 Å². The molecule has 32 heavy (non-hydrogen) atoms. The molecule has 2 aliphatic heterocycles. The molecule has 1 saturated heterocycles. The fourth-order valence-corrected chi connectivity index (χ4v) is 4.37. The molecule has 7 nitrogen and oxygen atoms in total. The Balaban J connectivity index is 1.89. The fourth-order valence-electron chi connectivity index (χ4n) is 4.37. The van der Waals surface area contributed by atoms with E-state index in [-0.39, 0.29) is 35.1 Å². The molecule has 0 saturated carbocycles. The Labute approximate surface area is 180 Å². The van der Waals surface area contributed by atoms with E-state index < -0.39 is 53.9 Å². The summed E-state index contributed by atoms with van der Waals surface area (Å²) < 4.78 is 42.3. The number of carbonyl (C=O) groups excluding carboxylic acids is 4. The number of nitrogens with two attached hydrogens (primary N) is 1. The highest BCUT2D eigenvalue weighted by molar-refractivity contribution is 6.06. The van der Waals surface area contributed by atoms with Crippen molar-refractivity contribution >= 4 is 23.6 Å². The number of imide groups is 1. The van der Waals surface area contributed by atoms with Crippen LogP contribution in [0.25, 0.3) is 0 Å². The van der Waals surface area contributed by atoms with E-state index in [1.54, 1.807) is 0 Å². The van der Waals surface area contributed by atoms with Gasteiger partial charge in [0.05, 0.1) is 12.0 Å². The van der Waals surface area contributed by atoms with Crippen LogP contribution < -0.4 is 11.1 Å². The summed E-state index contributed by atoms with van der Waals surface area (Å²) in [6, 6.07) is 5.80. The molecule has 3 atom stereocenters. The lowest BCUT2D eigenvalue weighted by atomic mass is 9.85. The van der Waals surface area contributed by atoms with Crippen LogP contribution in [0.4, 0.5) is 13.2 Å². The van der Waals surface area contributed by atoms with Gasteiger partial charge in [0, 0.05) is 17.5 Å². The molecule has 2 aliphatic rings. The second-order valence-corrected chi connectivity index (χ2v) is 7.70. The van der Waals surface area contributed by atoms with Crippen LogP contribution in [0.15, 0.2) is 42.5 Å². The van der Waals surface area contributed by atoms with Crippen LogP contribution in [-0.2, 0) is 9.59 Å². The van der Waals surface area contributed by atoms with Gasteiger partial charge in [-0.25, -0.2) is 13.2 Å². The Morgan fingerprint density at radius 3 is 2.38 bits per heavy atom. The van der Waals surface area contributed by atoms with Gasteiger partial charge >= 0.3 is 0 Å². The van der Waals surface area contributed by atoms with Crippen molar-refractivity contribution in [3.63, 3.8) is 0 Å². The van der Waals surface area contributed by atoms with Gasteiger partial charge in [-0.2, -0.15) is 0 Å². The predicted octanol–water partition coefficient (Wildman–Crippen LogP) is 2.28. The molecule has 1 fully saturated rings. The first-order valence-electron chi connectivity index (χ1n) is 9.82. The predicted molar refractivity (Wildman–Crippen MR) is 105 cm³/mol. The highest BCUT2D eigenvalue weighted by Gasteiger charge is 2.50. The number of nitrogens with one attached hydrogen (secondary N) is 1. The van der Waals surface area contributed by atoms with E-state index in [0.29, 0.717) is 0 Å². The number of primary amides is 1. The summed E-state index contributed by atoms with van der Waals surface area (Å²) in [5.74, 6) is -5.03. The molecule has 0 radical (unpaired) electrons. The smallest absolute Gasteiger partial charge is 0.255 e. The normalized spacial score (nSPS) is 21.5. The summed E-state index contributed by atoms with van der Waals surface area (Å²) in [6.07, 6.45) is -3.11. The molecule has 0 aromatic heterocycles. The van der Waals surface area contributed by atoms with Crippen LogP contribution >= 0.6 is 0 Å². The van der Waals surface area contributed by atoms with Crippen molar-refractivity contribution in [3.05, 3.63) is 70.5 Å². The van der Waals surface area contributed by atoms with Gasteiger partial charge in [0.15, 0.2) is 0 Å². The molecular formula is C22H18F3N3O4. The van der Waals surface area contributed by atoms with Crippen LogP contribution in [0, 0.1) is 5.82 Å². The van der Waals surface area contributed by atoms with E-state index in [1.807, 2.05) is 0 Å². The molecule has 2 aromatic rings. The Morgan fingerprint density at radius 1 is 1.09 bits per heavy atom. The third-order valence-corrected chi connectivity index (χ3v) is 5.83. The molecule has 3 N–H and O–H groups in total. The number of hydrogen-bond donors (Lipinski definition) is 2. The molecular weight excluding hydrogens is 427 g/mol. The summed E-state index contributed by atoms with van der Waals surface area (Å²) in [7, 11) is 0. The van der Waals surface area contributed by atoms with Gasteiger partial charge < -0.3 is 10.6 Å². The molecule has 2 unspecified atom stereocenters. The first-order valence-corrected chi connectivity index (χ1v) is 9.82. The SMILES string of the molecule is NC(=O)c1ccc2c(c1)C([C@@H](c1ccc(F)cc1)C(F)F)N(C1CCC(=O)NC1=O)C2=O. The summed E-state index contributed by atoms with van der Waals surface area (Å²) >= 11 is 0. The Morgan fingerprint density at radius 2 is 1.78 bits per heavy atom. The van der Waals surface area contributed by atoms with Crippen molar-refractivity contribution in [3.8, 4) is 0 Å². The number of fused-ring (bicyclic) bond motifs is 1. The first kappa shape index (κ1) is 21.5. The van der Waals surface area contributed by atoms with E-state index in [9.17, 15) is 32.3 Å². The topological polar surface area (TPSA) is 110 Å². The standard InChI is InChI=1S/C22H18F3N3O4/c23-12-4-1-10(2-5-12)17(19(24)25)18-14-9-11(20(26)30)3-6-13(14)22(32)28(18)15-7-8-16(29)27-21(15)31/h1-6,9,15,17-19H,7-8H2,(H2,26,30)(H,27,29,31)/t15?,17-,18?/m1/s1. The average Bonchev–Trinajstić information content (AvgIpc) is 3.01. The van der Waals surface area contributed by atoms with Crippen LogP contribution in [0.2, 0.25) is 0 Å². The average molecular weight is 445 g/mol. The second kappa shape index (κ2) is 8.10. The lowest BCUT2D eigenvalue weighted by Crippen LogP contribution is -2.54. The van der Waals surface area contributed by atoms with Crippen molar-refractivity contribution in [1.82, 2.24) is 10.2 Å². The van der Waals surface area contributed by atoms with Gasteiger partial charge in [-0.3, -0.25) is 24.5 Å². The molecule has 2 aromatic carbocycles. The summed E-state index contributed by atoms with van der Waals surface area (Å²) in [5, 5.41) is 2.14. The number of piperidine rings is 1. The van der Waals surface area contributed by atoms with Crippen LogP contribution in [0.1, 0.15) is 56.6 Å². The number of amides is 4. The maximum absolute atomic E-state index is 14.4. The number of benzene rings is 2. The van der Waals surface area contributed by atoms with Crippen LogP contribution in [-0.4, -0.2) is 41.0 Å². The van der Waals surface area contributed by atoms with Gasteiger partial charge in [0.1, 0.15) is 11.9 Å². The highest BCUT2D eigenvalue weighted by Crippen LogP contribution is 2.47. The Kier molecular flexibility index (Phi) is 5.45. The Hall–Kier alpha value is -3.69. The summed E-state index contributed by atoms with van der Waals surface area (Å²) in [4.78, 5) is 50.1. The van der Waals surface area contributed by atoms with E-state index >= 15 is 0 Å². The molecule has 166 valence electrons. The van der Waals surface area contributed by atoms with Crippen molar-refractivity contribution in [2.45, 2.75) is 37.3 Å². The quantitative estimate of drug-likeness (QED) is 0.688. The molecule has 0 spiro atoms. The molecule has 2 heterocycles. The van der Waals surface area contributed by atoms with Gasteiger partial charge in [0.2, 0.25) is 24.1 Å². The van der Waals surface area contributed by atoms with Crippen LogP contribution in [0.5, 0.6) is 0 Å². The zero-order valence-electron chi connectivity index (χ0n) is 16.6. The third-order valence-electron chi connectivity index (χ3n) is 5.83. The molecule has 4 amide bonds. The monoisotopic (exact) mass is 445 g/mol. The molecule has 0 bridgehead atoms. The van der Waals surface area contributed by atoms with E-state index in [2.05, 4.69) is 5.32 Å². The summed E-state index contributed by atoms with van der Waals surface area (Å²) in [6.45, 7) is 0. The van der Waals surface area contributed by atoms with Gasteiger partial charge in [-0.1, -0.05) is 12.1 Å². The van der Waals surface area contributed by atoms with Crippen molar-refractivity contribution in [2.75, 3.05) is 0 Å². The van der Waals surface area contributed by atoms with Crippen molar-refractivity contribution in [2.24, 2.45) is 5.73 Å².